The number of amides is 1. The minimum atomic E-state index is -0.0666. The maximum atomic E-state index is 12.3. The van der Waals surface area contributed by atoms with Crippen molar-refractivity contribution in [2.75, 3.05) is 18.5 Å². The molecule has 142 valence electrons. The van der Waals surface area contributed by atoms with Crippen LogP contribution in [0.4, 0.5) is 5.69 Å². The van der Waals surface area contributed by atoms with Crippen LogP contribution in [0.2, 0.25) is 0 Å². The van der Waals surface area contributed by atoms with Gasteiger partial charge in [-0.25, -0.2) is 0 Å². The molecule has 1 N–H and O–H groups in total. The van der Waals surface area contributed by atoms with Crippen LogP contribution in [0.25, 0.3) is 0 Å². The molecular weight excluding hydrogens is 340 g/mol. The zero-order chi connectivity index (χ0) is 19.5. The molecule has 1 amide bonds. The van der Waals surface area contributed by atoms with Crippen LogP contribution >= 0.6 is 0 Å². The van der Waals surface area contributed by atoms with E-state index in [4.69, 9.17) is 14.7 Å². The number of ether oxygens (including phenoxy) is 2. The average molecular weight is 366 g/mol. The SMILES string of the molecule is CCCOc1ccc(NC(=O)CCc2ccc(C#N)cc2)cc1OCCC. The summed E-state index contributed by atoms with van der Waals surface area (Å²) in [6, 6.07) is 14.8. The molecule has 0 radical (unpaired) electrons. The minimum absolute atomic E-state index is 0.0666. The molecule has 0 spiro atoms. The molecule has 0 aliphatic heterocycles. The topological polar surface area (TPSA) is 71.3 Å². The first-order valence-electron chi connectivity index (χ1n) is 9.34. The van der Waals surface area contributed by atoms with E-state index < -0.39 is 0 Å². The van der Waals surface area contributed by atoms with Gasteiger partial charge in [0.1, 0.15) is 0 Å². The van der Waals surface area contributed by atoms with E-state index in [1.165, 1.54) is 0 Å². The molecule has 0 aromatic heterocycles. The fraction of sp³-hybridized carbons (Fsp3) is 0.364. The van der Waals surface area contributed by atoms with Crippen molar-refractivity contribution in [2.45, 2.75) is 39.5 Å². The van der Waals surface area contributed by atoms with Gasteiger partial charge in [-0.15, -0.1) is 0 Å². The van der Waals surface area contributed by atoms with Gasteiger partial charge in [0.2, 0.25) is 5.91 Å². The van der Waals surface area contributed by atoms with Crippen LogP contribution in [0.15, 0.2) is 42.5 Å². The lowest BCUT2D eigenvalue weighted by Crippen LogP contribution is -2.12. The number of carbonyl (C=O) groups excluding carboxylic acids is 1. The highest BCUT2D eigenvalue weighted by Gasteiger charge is 2.09. The van der Waals surface area contributed by atoms with Crippen molar-refractivity contribution >= 4 is 11.6 Å². The number of rotatable bonds is 10. The molecule has 0 atom stereocenters. The van der Waals surface area contributed by atoms with Crippen molar-refractivity contribution in [3.63, 3.8) is 0 Å². The van der Waals surface area contributed by atoms with Gasteiger partial charge in [0.15, 0.2) is 11.5 Å². The second kappa shape index (κ2) is 10.9. The Hall–Kier alpha value is -3.00. The Labute approximate surface area is 160 Å². The summed E-state index contributed by atoms with van der Waals surface area (Å²) in [7, 11) is 0. The lowest BCUT2D eigenvalue weighted by molar-refractivity contribution is -0.116. The summed E-state index contributed by atoms with van der Waals surface area (Å²) in [5, 5.41) is 11.7. The van der Waals surface area contributed by atoms with E-state index in [1.54, 1.807) is 18.2 Å². The smallest absolute Gasteiger partial charge is 0.224 e. The molecule has 5 heteroatoms. The fourth-order valence-electron chi connectivity index (χ4n) is 2.47. The first-order chi connectivity index (χ1) is 13.2. The first-order valence-corrected chi connectivity index (χ1v) is 9.34. The highest BCUT2D eigenvalue weighted by Crippen LogP contribution is 2.31. The van der Waals surface area contributed by atoms with Crippen molar-refractivity contribution in [2.24, 2.45) is 0 Å². The lowest BCUT2D eigenvalue weighted by atomic mass is 10.1. The summed E-state index contributed by atoms with van der Waals surface area (Å²) in [5.74, 6) is 1.28. The lowest BCUT2D eigenvalue weighted by Gasteiger charge is -2.14. The van der Waals surface area contributed by atoms with Crippen molar-refractivity contribution in [1.29, 1.82) is 5.26 Å². The van der Waals surface area contributed by atoms with E-state index in [9.17, 15) is 4.79 Å². The van der Waals surface area contributed by atoms with Gasteiger partial charge in [0.05, 0.1) is 24.8 Å². The largest absolute Gasteiger partial charge is 0.490 e. The number of nitrogens with zero attached hydrogens (tertiary/aromatic N) is 1. The van der Waals surface area contributed by atoms with E-state index in [2.05, 4.69) is 18.3 Å². The molecule has 27 heavy (non-hydrogen) atoms. The van der Waals surface area contributed by atoms with Crippen molar-refractivity contribution in [3.8, 4) is 17.6 Å². The molecule has 2 rings (SSSR count). The normalized spacial score (nSPS) is 10.1. The maximum absolute atomic E-state index is 12.3. The molecule has 0 fully saturated rings. The molecule has 0 unspecified atom stereocenters. The predicted octanol–water partition coefficient (Wildman–Crippen LogP) is 4.71. The number of nitrogens with one attached hydrogen (secondary N) is 1. The monoisotopic (exact) mass is 366 g/mol. The highest BCUT2D eigenvalue weighted by molar-refractivity contribution is 5.91. The van der Waals surface area contributed by atoms with Crippen molar-refractivity contribution in [1.82, 2.24) is 0 Å². The van der Waals surface area contributed by atoms with Gasteiger partial charge < -0.3 is 14.8 Å². The number of carbonyl (C=O) groups is 1. The zero-order valence-corrected chi connectivity index (χ0v) is 16.0. The molecule has 0 aliphatic rings. The number of nitriles is 1. The van der Waals surface area contributed by atoms with E-state index in [0.29, 0.717) is 48.8 Å². The van der Waals surface area contributed by atoms with E-state index >= 15 is 0 Å². The third-order valence-electron chi connectivity index (χ3n) is 3.87. The van der Waals surface area contributed by atoms with Crippen LogP contribution in [0, 0.1) is 11.3 Å². The Bertz CT molecular complexity index is 779. The minimum Gasteiger partial charge on any atom is -0.490 e. The quantitative estimate of drug-likeness (QED) is 0.661. The molecule has 0 heterocycles. The third kappa shape index (κ3) is 6.67. The Morgan fingerprint density at radius 3 is 2.30 bits per heavy atom. The second-order valence-corrected chi connectivity index (χ2v) is 6.22. The summed E-state index contributed by atoms with van der Waals surface area (Å²) in [6.07, 6.45) is 2.80. The van der Waals surface area contributed by atoms with Gasteiger partial charge in [0, 0.05) is 18.2 Å². The third-order valence-corrected chi connectivity index (χ3v) is 3.87. The average Bonchev–Trinajstić information content (AvgIpc) is 2.70. The van der Waals surface area contributed by atoms with Crippen LogP contribution in [0.3, 0.4) is 0 Å². The van der Waals surface area contributed by atoms with Crippen molar-refractivity contribution < 1.29 is 14.3 Å². The van der Waals surface area contributed by atoms with Crippen LogP contribution in [-0.2, 0) is 11.2 Å². The van der Waals surface area contributed by atoms with Gasteiger partial charge in [-0.1, -0.05) is 26.0 Å². The first kappa shape index (κ1) is 20.3. The highest BCUT2D eigenvalue weighted by atomic mass is 16.5. The molecule has 2 aromatic rings. The van der Waals surface area contributed by atoms with Crippen LogP contribution < -0.4 is 14.8 Å². The predicted molar refractivity (Wildman–Crippen MR) is 106 cm³/mol. The van der Waals surface area contributed by atoms with Crippen molar-refractivity contribution in [3.05, 3.63) is 53.6 Å². The molecule has 0 bridgehead atoms. The number of benzene rings is 2. The zero-order valence-electron chi connectivity index (χ0n) is 16.0. The summed E-state index contributed by atoms with van der Waals surface area (Å²) < 4.78 is 11.5. The molecule has 2 aromatic carbocycles. The fourth-order valence-corrected chi connectivity index (χ4v) is 2.47. The van der Waals surface area contributed by atoms with Gasteiger partial charge >= 0.3 is 0 Å². The van der Waals surface area contributed by atoms with E-state index in [0.717, 1.165) is 18.4 Å². The van der Waals surface area contributed by atoms with Gasteiger partial charge in [0.25, 0.3) is 0 Å². The molecular formula is C22H26N2O3. The summed E-state index contributed by atoms with van der Waals surface area (Å²) in [4.78, 5) is 12.3. The maximum Gasteiger partial charge on any atom is 0.224 e. The summed E-state index contributed by atoms with van der Waals surface area (Å²) in [6.45, 7) is 5.31. The molecule has 0 saturated carbocycles. The van der Waals surface area contributed by atoms with Gasteiger partial charge in [-0.05, 0) is 49.1 Å². The Morgan fingerprint density at radius 2 is 1.67 bits per heavy atom. The van der Waals surface area contributed by atoms with Crippen LogP contribution in [0.1, 0.15) is 44.2 Å². The molecule has 5 nitrogen and oxygen atoms in total. The van der Waals surface area contributed by atoms with Gasteiger partial charge in [-0.3, -0.25) is 4.79 Å². The summed E-state index contributed by atoms with van der Waals surface area (Å²) >= 11 is 0. The van der Waals surface area contributed by atoms with Crippen LogP contribution in [0.5, 0.6) is 11.5 Å². The Balaban J connectivity index is 1.95. The van der Waals surface area contributed by atoms with Gasteiger partial charge in [-0.2, -0.15) is 5.26 Å². The number of hydrogen-bond donors (Lipinski definition) is 1. The van der Waals surface area contributed by atoms with E-state index in [1.807, 2.05) is 31.2 Å². The number of aryl methyl sites for hydroxylation is 1. The van der Waals surface area contributed by atoms with E-state index in [-0.39, 0.29) is 5.91 Å². The summed E-state index contributed by atoms with van der Waals surface area (Å²) in [5.41, 5.74) is 2.34. The molecule has 0 saturated heterocycles. The number of anilines is 1. The van der Waals surface area contributed by atoms with Crippen LogP contribution in [-0.4, -0.2) is 19.1 Å². The Morgan fingerprint density at radius 1 is 1.00 bits per heavy atom. The second-order valence-electron chi connectivity index (χ2n) is 6.22. The standard InChI is InChI=1S/C22H26N2O3/c1-3-13-26-20-11-10-19(15-21(20)27-14-4-2)24-22(25)12-9-17-5-7-18(16-23)8-6-17/h5-8,10-11,15H,3-4,9,12-14H2,1-2H3,(H,24,25). The Kier molecular flexibility index (Phi) is 8.18. The molecule has 0 aliphatic carbocycles. The number of hydrogen-bond acceptors (Lipinski definition) is 4.